The Morgan fingerprint density at radius 3 is 2.18 bits per heavy atom. The Labute approximate surface area is 133 Å². The summed E-state index contributed by atoms with van der Waals surface area (Å²) in [5.74, 6) is -0.411. The predicted molar refractivity (Wildman–Crippen MR) is 82.0 cm³/mol. The molecule has 0 saturated heterocycles. The van der Waals surface area contributed by atoms with Crippen molar-refractivity contribution in [2.24, 2.45) is 0 Å². The monoisotopic (exact) mass is 337 g/mol. The minimum absolute atomic E-state index is 0.0690. The van der Waals surface area contributed by atoms with Crippen molar-refractivity contribution in [2.75, 3.05) is 47.5 Å². The number of quaternary nitrogens is 1. The first kappa shape index (κ1) is 21.3. The van der Waals surface area contributed by atoms with Crippen LogP contribution in [0.4, 0.5) is 0 Å². The molecule has 22 heavy (non-hydrogen) atoms. The first-order valence-corrected chi connectivity index (χ1v) is 8.73. The molecule has 0 aliphatic heterocycles. The summed E-state index contributed by atoms with van der Waals surface area (Å²) in [4.78, 5) is 22.6. The van der Waals surface area contributed by atoms with Gasteiger partial charge in [-0.15, -0.1) is 0 Å². The quantitative estimate of drug-likeness (QED) is 0.176. The standard InChI is InChI=1S/C14H28NO6P/c1-13(2)14(16)19-10-7-6-8-11-20-22(17,18)21-12-9-15(3,4)5/h1,6-12H2,2-5H3. The van der Waals surface area contributed by atoms with E-state index in [1.807, 2.05) is 21.1 Å². The van der Waals surface area contributed by atoms with Crippen molar-refractivity contribution in [2.45, 2.75) is 26.2 Å². The third-order valence-corrected chi connectivity index (χ3v) is 3.63. The van der Waals surface area contributed by atoms with E-state index >= 15 is 0 Å². The number of ether oxygens (including phenoxy) is 1. The van der Waals surface area contributed by atoms with Gasteiger partial charge in [0.2, 0.25) is 0 Å². The first-order chi connectivity index (χ1) is 10.0. The molecule has 0 saturated carbocycles. The van der Waals surface area contributed by atoms with Gasteiger partial charge in [0.15, 0.2) is 0 Å². The van der Waals surface area contributed by atoms with E-state index < -0.39 is 13.8 Å². The predicted octanol–water partition coefficient (Wildman–Crippen LogP) is 1.48. The number of rotatable bonds is 12. The van der Waals surface area contributed by atoms with E-state index in [1.54, 1.807) is 6.92 Å². The fourth-order valence-electron chi connectivity index (χ4n) is 1.31. The van der Waals surface area contributed by atoms with E-state index in [1.165, 1.54) is 0 Å². The zero-order chi connectivity index (χ0) is 17.2. The van der Waals surface area contributed by atoms with Crippen LogP contribution in [0.25, 0.3) is 0 Å². The zero-order valence-electron chi connectivity index (χ0n) is 14.0. The first-order valence-electron chi connectivity index (χ1n) is 7.27. The molecule has 0 amide bonds. The number of phosphoric acid groups is 1. The maximum Gasteiger partial charge on any atom is 0.333 e. The molecule has 0 radical (unpaired) electrons. The van der Waals surface area contributed by atoms with Gasteiger partial charge in [-0.2, -0.15) is 0 Å². The van der Waals surface area contributed by atoms with Crippen LogP contribution in [-0.4, -0.2) is 58.0 Å². The summed E-state index contributed by atoms with van der Waals surface area (Å²) >= 11 is 0. The molecule has 0 fully saturated rings. The second-order valence-corrected chi connectivity index (χ2v) is 7.52. The molecule has 0 aromatic carbocycles. The Bertz CT molecular complexity index is 405. The lowest BCUT2D eigenvalue weighted by molar-refractivity contribution is -0.870. The average molecular weight is 337 g/mol. The Morgan fingerprint density at radius 1 is 1.09 bits per heavy atom. The molecule has 0 aliphatic carbocycles. The van der Waals surface area contributed by atoms with Crippen LogP contribution in [-0.2, 0) is 23.1 Å². The van der Waals surface area contributed by atoms with Gasteiger partial charge >= 0.3 is 5.97 Å². The van der Waals surface area contributed by atoms with Crippen LogP contribution >= 0.6 is 7.82 Å². The number of likely N-dealkylation sites (N-methyl/N-ethyl adjacent to an activating group) is 1. The van der Waals surface area contributed by atoms with Crippen molar-refractivity contribution >= 4 is 13.8 Å². The molecule has 0 rings (SSSR count). The summed E-state index contributed by atoms with van der Waals surface area (Å²) in [6.07, 6.45) is 1.89. The van der Waals surface area contributed by atoms with Gasteiger partial charge in [-0.05, 0) is 26.2 Å². The lowest BCUT2D eigenvalue weighted by Gasteiger charge is -2.27. The van der Waals surface area contributed by atoms with Crippen LogP contribution in [0.2, 0.25) is 0 Å². The van der Waals surface area contributed by atoms with Crippen LogP contribution in [0.5, 0.6) is 0 Å². The fraction of sp³-hybridized carbons (Fsp3) is 0.786. The summed E-state index contributed by atoms with van der Waals surface area (Å²) in [6.45, 7) is 6.09. The lowest BCUT2D eigenvalue weighted by Crippen LogP contribution is -2.37. The zero-order valence-corrected chi connectivity index (χ0v) is 14.9. The van der Waals surface area contributed by atoms with E-state index in [0.29, 0.717) is 42.5 Å². The number of unbranched alkanes of at least 4 members (excludes halogenated alkanes) is 2. The molecule has 0 aliphatic rings. The third-order valence-electron chi connectivity index (χ3n) is 2.63. The average Bonchev–Trinajstić information content (AvgIpc) is 2.35. The van der Waals surface area contributed by atoms with Crippen molar-refractivity contribution in [3.8, 4) is 0 Å². The second kappa shape index (κ2) is 10.1. The fourth-order valence-corrected chi connectivity index (χ4v) is 2.04. The van der Waals surface area contributed by atoms with E-state index in [-0.39, 0.29) is 13.2 Å². The SMILES string of the molecule is C=C(C)C(=O)OCCCCCOP(=O)([O-])OCC[N+](C)(C)C. The van der Waals surface area contributed by atoms with E-state index in [0.717, 1.165) is 0 Å². The Morgan fingerprint density at radius 2 is 1.64 bits per heavy atom. The van der Waals surface area contributed by atoms with Gasteiger partial charge in [-0.1, -0.05) is 6.58 Å². The van der Waals surface area contributed by atoms with Crippen molar-refractivity contribution in [3.63, 3.8) is 0 Å². The van der Waals surface area contributed by atoms with Crippen LogP contribution in [0, 0.1) is 0 Å². The van der Waals surface area contributed by atoms with Gasteiger partial charge in [0.05, 0.1) is 34.4 Å². The number of hydrogen-bond donors (Lipinski definition) is 0. The topological polar surface area (TPSA) is 84.9 Å². The normalized spacial score (nSPS) is 14.4. The number of carbonyl (C=O) groups excluding carboxylic acids is 1. The number of carbonyl (C=O) groups is 1. The molecule has 0 aromatic rings. The maximum atomic E-state index is 11.5. The lowest BCUT2D eigenvalue weighted by atomic mass is 10.2. The molecule has 7 nitrogen and oxygen atoms in total. The largest absolute Gasteiger partial charge is 0.756 e. The molecular formula is C14H28NO6P. The number of esters is 1. The summed E-state index contributed by atoms with van der Waals surface area (Å²) in [7, 11) is 1.62. The molecule has 1 atom stereocenters. The van der Waals surface area contributed by atoms with E-state index in [4.69, 9.17) is 13.8 Å². The van der Waals surface area contributed by atoms with Gasteiger partial charge in [0, 0.05) is 5.57 Å². The number of hydrogen-bond acceptors (Lipinski definition) is 6. The molecule has 0 N–H and O–H groups in total. The van der Waals surface area contributed by atoms with E-state index in [9.17, 15) is 14.3 Å². The highest BCUT2D eigenvalue weighted by molar-refractivity contribution is 7.45. The highest BCUT2D eigenvalue weighted by atomic mass is 31.2. The Kier molecular flexibility index (Phi) is 9.80. The van der Waals surface area contributed by atoms with Crippen molar-refractivity contribution in [3.05, 3.63) is 12.2 Å². The minimum Gasteiger partial charge on any atom is -0.756 e. The van der Waals surface area contributed by atoms with Crippen molar-refractivity contribution in [1.82, 2.24) is 0 Å². The van der Waals surface area contributed by atoms with Gasteiger partial charge in [-0.3, -0.25) is 4.57 Å². The highest BCUT2D eigenvalue weighted by Crippen LogP contribution is 2.38. The molecule has 0 aromatic heterocycles. The molecule has 0 spiro atoms. The van der Waals surface area contributed by atoms with E-state index in [2.05, 4.69) is 6.58 Å². The maximum absolute atomic E-state index is 11.5. The van der Waals surface area contributed by atoms with Crippen LogP contribution < -0.4 is 4.89 Å². The smallest absolute Gasteiger partial charge is 0.333 e. The van der Waals surface area contributed by atoms with Crippen LogP contribution in [0.1, 0.15) is 26.2 Å². The number of nitrogens with zero attached hydrogens (tertiary/aromatic N) is 1. The van der Waals surface area contributed by atoms with Crippen molar-refractivity contribution in [1.29, 1.82) is 0 Å². The highest BCUT2D eigenvalue weighted by Gasteiger charge is 2.13. The molecule has 130 valence electrons. The van der Waals surface area contributed by atoms with Crippen LogP contribution in [0.3, 0.4) is 0 Å². The van der Waals surface area contributed by atoms with Gasteiger partial charge < -0.3 is 23.2 Å². The summed E-state index contributed by atoms with van der Waals surface area (Å²) < 4.78 is 26.5. The van der Waals surface area contributed by atoms with Gasteiger partial charge in [0.1, 0.15) is 13.2 Å². The minimum atomic E-state index is -4.22. The number of phosphoric ester groups is 1. The summed E-state index contributed by atoms with van der Waals surface area (Å²) in [6, 6.07) is 0. The van der Waals surface area contributed by atoms with Crippen molar-refractivity contribution < 1.29 is 32.5 Å². The third kappa shape index (κ3) is 13.0. The Balaban J connectivity index is 3.63. The molecule has 0 bridgehead atoms. The molecule has 8 heteroatoms. The summed E-state index contributed by atoms with van der Waals surface area (Å²) in [5, 5.41) is 0. The second-order valence-electron chi connectivity index (χ2n) is 6.10. The Hall–Kier alpha value is -0.720. The van der Waals surface area contributed by atoms with Gasteiger partial charge in [0.25, 0.3) is 7.82 Å². The van der Waals surface area contributed by atoms with Crippen LogP contribution in [0.15, 0.2) is 12.2 Å². The molecule has 0 heterocycles. The summed E-state index contributed by atoms with van der Waals surface area (Å²) in [5.41, 5.74) is 0.363. The van der Waals surface area contributed by atoms with Gasteiger partial charge in [-0.25, -0.2) is 4.79 Å². The molecule has 1 unspecified atom stereocenters. The molecular weight excluding hydrogens is 309 g/mol.